The van der Waals surface area contributed by atoms with E-state index in [-0.39, 0.29) is 11.6 Å². The standard InChI is InChI=1S/C21H15N5O2/c1-26-18-10-16(12-23-19(18)25-21(26)28)14-5-3-6-15(9-14)20(27)24-17-7-2-4-13(8-17)11-22/h2-10,12H,1H3,(H,24,27)(H,23,25,28). The van der Waals surface area contributed by atoms with Crippen molar-refractivity contribution in [3.05, 3.63) is 82.4 Å². The molecule has 7 nitrogen and oxygen atoms in total. The van der Waals surface area contributed by atoms with Crippen LogP contribution in [0.25, 0.3) is 22.3 Å². The van der Waals surface area contributed by atoms with Crippen LogP contribution in [0.1, 0.15) is 15.9 Å². The highest BCUT2D eigenvalue weighted by Crippen LogP contribution is 2.23. The number of rotatable bonds is 3. The Morgan fingerprint density at radius 2 is 1.96 bits per heavy atom. The summed E-state index contributed by atoms with van der Waals surface area (Å²) in [5.41, 5.74) is 4.08. The second kappa shape index (κ2) is 6.85. The first-order chi connectivity index (χ1) is 13.5. The van der Waals surface area contributed by atoms with Gasteiger partial charge in [-0.25, -0.2) is 9.78 Å². The Bertz CT molecular complexity index is 1310. The van der Waals surface area contributed by atoms with Crippen LogP contribution in [0, 0.1) is 11.3 Å². The predicted octanol–water partition coefficient (Wildman–Crippen LogP) is 3.05. The zero-order valence-electron chi connectivity index (χ0n) is 14.9. The summed E-state index contributed by atoms with van der Waals surface area (Å²) in [6.45, 7) is 0. The van der Waals surface area contributed by atoms with Crippen LogP contribution in [0.5, 0.6) is 0 Å². The Balaban J connectivity index is 1.66. The van der Waals surface area contributed by atoms with Crippen LogP contribution < -0.4 is 11.0 Å². The largest absolute Gasteiger partial charge is 0.327 e. The first-order valence-corrected chi connectivity index (χ1v) is 8.52. The van der Waals surface area contributed by atoms with E-state index in [1.54, 1.807) is 55.7 Å². The molecule has 136 valence electrons. The molecule has 1 amide bonds. The summed E-state index contributed by atoms with van der Waals surface area (Å²) in [6, 6.07) is 17.8. The van der Waals surface area contributed by atoms with Crippen LogP contribution in [-0.2, 0) is 7.05 Å². The predicted molar refractivity (Wildman–Crippen MR) is 106 cm³/mol. The van der Waals surface area contributed by atoms with Gasteiger partial charge in [0.25, 0.3) is 5.91 Å². The number of aromatic nitrogens is 3. The highest BCUT2D eigenvalue weighted by molar-refractivity contribution is 6.05. The van der Waals surface area contributed by atoms with Crippen molar-refractivity contribution in [1.82, 2.24) is 14.5 Å². The summed E-state index contributed by atoms with van der Waals surface area (Å²) >= 11 is 0. The Labute approximate surface area is 159 Å². The monoisotopic (exact) mass is 369 g/mol. The lowest BCUT2D eigenvalue weighted by molar-refractivity contribution is 0.102. The van der Waals surface area contributed by atoms with Gasteiger partial charge >= 0.3 is 5.69 Å². The van der Waals surface area contributed by atoms with Gasteiger partial charge in [-0.15, -0.1) is 0 Å². The summed E-state index contributed by atoms with van der Waals surface area (Å²) in [5, 5.41) is 11.8. The molecule has 0 aliphatic rings. The molecular formula is C21H15N5O2. The maximum atomic E-state index is 12.6. The average Bonchev–Trinajstić information content (AvgIpc) is 3.01. The summed E-state index contributed by atoms with van der Waals surface area (Å²) in [4.78, 5) is 31.3. The SMILES string of the molecule is Cn1c(=O)[nH]c2ncc(-c3cccc(C(=O)Nc4cccc(C#N)c4)c3)cc21. The number of hydrogen-bond acceptors (Lipinski definition) is 4. The molecule has 0 radical (unpaired) electrons. The van der Waals surface area contributed by atoms with Crippen molar-refractivity contribution in [3.8, 4) is 17.2 Å². The van der Waals surface area contributed by atoms with E-state index in [0.29, 0.717) is 28.0 Å². The van der Waals surface area contributed by atoms with Gasteiger partial charge in [0.15, 0.2) is 5.65 Å². The molecule has 0 atom stereocenters. The van der Waals surface area contributed by atoms with Gasteiger partial charge in [-0.1, -0.05) is 18.2 Å². The van der Waals surface area contributed by atoms with Crippen LogP contribution >= 0.6 is 0 Å². The normalized spacial score (nSPS) is 10.6. The number of amides is 1. The van der Waals surface area contributed by atoms with E-state index in [1.807, 2.05) is 18.2 Å². The van der Waals surface area contributed by atoms with Gasteiger partial charge in [0.1, 0.15) is 0 Å². The number of carbonyl (C=O) groups is 1. The molecule has 0 unspecified atom stereocenters. The number of anilines is 1. The van der Waals surface area contributed by atoms with Crippen molar-refractivity contribution < 1.29 is 4.79 Å². The van der Waals surface area contributed by atoms with Crippen molar-refractivity contribution >= 4 is 22.8 Å². The van der Waals surface area contributed by atoms with Crippen molar-refractivity contribution in [2.75, 3.05) is 5.32 Å². The molecule has 7 heteroatoms. The second-order valence-electron chi connectivity index (χ2n) is 6.31. The number of nitrogens with zero attached hydrogens (tertiary/aromatic N) is 3. The third-order valence-electron chi connectivity index (χ3n) is 4.47. The summed E-state index contributed by atoms with van der Waals surface area (Å²) in [6.07, 6.45) is 1.66. The molecule has 0 saturated carbocycles. The van der Waals surface area contributed by atoms with E-state index in [2.05, 4.69) is 15.3 Å². The number of nitrogens with one attached hydrogen (secondary N) is 2. The molecule has 2 heterocycles. The maximum Gasteiger partial charge on any atom is 0.327 e. The highest BCUT2D eigenvalue weighted by Gasteiger charge is 2.10. The first-order valence-electron chi connectivity index (χ1n) is 8.52. The number of carbonyl (C=O) groups excluding carboxylic acids is 1. The number of pyridine rings is 1. The van der Waals surface area contributed by atoms with Crippen LogP contribution in [0.15, 0.2) is 65.6 Å². The molecule has 2 aromatic heterocycles. The first kappa shape index (κ1) is 17.2. The van der Waals surface area contributed by atoms with Crippen LogP contribution in [0.3, 0.4) is 0 Å². The molecule has 0 aliphatic heterocycles. The van der Waals surface area contributed by atoms with E-state index in [9.17, 15) is 9.59 Å². The number of benzene rings is 2. The third-order valence-corrected chi connectivity index (χ3v) is 4.47. The molecule has 2 aromatic carbocycles. The van der Waals surface area contributed by atoms with Gasteiger partial charge in [0.2, 0.25) is 0 Å². The van der Waals surface area contributed by atoms with E-state index < -0.39 is 0 Å². The smallest absolute Gasteiger partial charge is 0.322 e. The number of aromatic amines is 1. The summed E-state index contributed by atoms with van der Waals surface area (Å²) in [5.74, 6) is -0.278. The van der Waals surface area contributed by atoms with Crippen molar-refractivity contribution in [1.29, 1.82) is 5.26 Å². The van der Waals surface area contributed by atoms with Crippen molar-refractivity contribution in [3.63, 3.8) is 0 Å². The number of aryl methyl sites for hydroxylation is 1. The molecule has 0 spiro atoms. The fourth-order valence-corrected chi connectivity index (χ4v) is 2.97. The molecular weight excluding hydrogens is 354 g/mol. The van der Waals surface area contributed by atoms with Gasteiger partial charge in [0, 0.05) is 30.1 Å². The Kier molecular flexibility index (Phi) is 4.22. The van der Waals surface area contributed by atoms with Crippen LogP contribution in [0.4, 0.5) is 5.69 Å². The molecule has 28 heavy (non-hydrogen) atoms. The van der Waals surface area contributed by atoms with E-state index in [4.69, 9.17) is 5.26 Å². The van der Waals surface area contributed by atoms with E-state index in [0.717, 1.165) is 11.1 Å². The quantitative estimate of drug-likeness (QED) is 0.579. The maximum absolute atomic E-state index is 12.6. The topological polar surface area (TPSA) is 104 Å². The lowest BCUT2D eigenvalue weighted by Gasteiger charge is -2.08. The van der Waals surface area contributed by atoms with E-state index >= 15 is 0 Å². The second-order valence-corrected chi connectivity index (χ2v) is 6.31. The summed E-state index contributed by atoms with van der Waals surface area (Å²) in [7, 11) is 1.67. The number of H-pyrrole nitrogens is 1. The van der Waals surface area contributed by atoms with Gasteiger partial charge in [-0.3, -0.25) is 14.3 Å². The molecule has 0 bridgehead atoms. The lowest BCUT2D eigenvalue weighted by Crippen LogP contribution is -2.12. The third kappa shape index (κ3) is 3.15. The Morgan fingerprint density at radius 3 is 2.79 bits per heavy atom. The minimum absolute atomic E-state index is 0.229. The molecule has 4 rings (SSSR count). The molecule has 0 fully saturated rings. The highest BCUT2D eigenvalue weighted by atomic mass is 16.2. The van der Waals surface area contributed by atoms with Gasteiger partial charge in [-0.05, 0) is 42.0 Å². The van der Waals surface area contributed by atoms with Gasteiger partial charge < -0.3 is 5.32 Å². The van der Waals surface area contributed by atoms with Crippen molar-refractivity contribution in [2.45, 2.75) is 0 Å². The van der Waals surface area contributed by atoms with Crippen LogP contribution in [0.2, 0.25) is 0 Å². The minimum Gasteiger partial charge on any atom is -0.322 e. The fraction of sp³-hybridized carbons (Fsp3) is 0.0476. The van der Waals surface area contributed by atoms with E-state index in [1.165, 1.54) is 4.57 Å². The Morgan fingerprint density at radius 1 is 1.14 bits per heavy atom. The number of nitriles is 1. The van der Waals surface area contributed by atoms with Gasteiger partial charge in [0.05, 0.1) is 17.1 Å². The zero-order valence-corrected chi connectivity index (χ0v) is 14.9. The average molecular weight is 369 g/mol. The fourth-order valence-electron chi connectivity index (χ4n) is 2.97. The lowest BCUT2D eigenvalue weighted by atomic mass is 10.0. The van der Waals surface area contributed by atoms with Crippen molar-refractivity contribution in [2.24, 2.45) is 7.05 Å². The summed E-state index contributed by atoms with van der Waals surface area (Å²) < 4.78 is 1.49. The molecule has 0 aliphatic carbocycles. The molecule has 0 saturated heterocycles. The molecule has 2 N–H and O–H groups in total. The Hall–Kier alpha value is -4.18. The zero-order chi connectivity index (χ0) is 19.7. The minimum atomic E-state index is -0.278. The van der Waals surface area contributed by atoms with Gasteiger partial charge in [-0.2, -0.15) is 5.26 Å². The number of fused-ring (bicyclic) bond motifs is 1. The van der Waals surface area contributed by atoms with Crippen LogP contribution in [-0.4, -0.2) is 20.4 Å². The molecule has 4 aromatic rings. The number of hydrogen-bond donors (Lipinski definition) is 2. The number of imidazole rings is 1.